The molecule has 0 saturated heterocycles. The van der Waals surface area contributed by atoms with Gasteiger partial charge in [0, 0.05) is 12.6 Å². The summed E-state index contributed by atoms with van der Waals surface area (Å²) in [5.41, 5.74) is 0.637. The van der Waals surface area contributed by atoms with Gasteiger partial charge in [0.2, 0.25) is 5.91 Å². The largest absolute Gasteiger partial charge is 0.478 e. The normalized spacial score (nSPS) is 18.5. The van der Waals surface area contributed by atoms with Crippen LogP contribution in [0.25, 0.3) is 0 Å². The van der Waals surface area contributed by atoms with Crippen LogP contribution >= 0.6 is 0 Å². The zero-order valence-corrected chi connectivity index (χ0v) is 11.6. The summed E-state index contributed by atoms with van der Waals surface area (Å²) in [7, 11) is 1.82. The molecule has 1 aliphatic heterocycles. The number of ether oxygens (including phenoxy) is 1. The van der Waals surface area contributed by atoms with E-state index in [1.165, 1.54) is 0 Å². The summed E-state index contributed by atoms with van der Waals surface area (Å²) in [5.74, 6) is 0.0978. The zero-order valence-electron chi connectivity index (χ0n) is 11.6. The maximum Gasteiger partial charge on any atom is 0.266 e. The van der Waals surface area contributed by atoms with Gasteiger partial charge in [0.1, 0.15) is 5.75 Å². The summed E-state index contributed by atoms with van der Waals surface area (Å²) >= 11 is 0. The van der Waals surface area contributed by atoms with Gasteiger partial charge in [-0.15, -0.1) is 0 Å². The van der Waals surface area contributed by atoms with E-state index in [4.69, 9.17) is 4.74 Å². The molecule has 108 valence electrons. The van der Waals surface area contributed by atoms with Crippen LogP contribution in [0.3, 0.4) is 0 Å². The monoisotopic (exact) mass is 277 g/mol. The van der Waals surface area contributed by atoms with Crippen LogP contribution in [0.5, 0.6) is 5.75 Å². The molecule has 0 spiro atoms. The van der Waals surface area contributed by atoms with Gasteiger partial charge < -0.3 is 20.7 Å². The molecule has 1 heterocycles. The van der Waals surface area contributed by atoms with Crippen molar-refractivity contribution in [3.05, 3.63) is 24.3 Å². The quantitative estimate of drug-likeness (QED) is 0.732. The molecule has 2 rings (SSSR count). The molecule has 1 aliphatic rings. The number of rotatable bonds is 5. The van der Waals surface area contributed by atoms with E-state index < -0.39 is 6.10 Å². The van der Waals surface area contributed by atoms with Crippen LogP contribution in [0, 0.1) is 0 Å². The van der Waals surface area contributed by atoms with E-state index in [9.17, 15) is 9.59 Å². The molecule has 3 N–H and O–H groups in total. The smallest absolute Gasteiger partial charge is 0.266 e. The Hall–Kier alpha value is -2.08. The third kappa shape index (κ3) is 3.48. The first-order valence-corrected chi connectivity index (χ1v) is 6.60. The Kier molecular flexibility index (Phi) is 4.57. The number of carbonyl (C=O) groups excluding carboxylic acids is 2. The predicted octanol–water partition coefficient (Wildman–Crippen LogP) is 0.500. The van der Waals surface area contributed by atoms with E-state index in [0.717, 1.165) is 0 Å². The molecule has 0 aliphatic carbocycles. The van der Waals surface area contributed by atoms with E-state index in [2.05, 4.69) is 16.0 Å². The van der Waals surface area contributed by atoms with Crippen molar-refractivity contribution in [3.8, 4) is 5.75 Å². The minimum Gasteiger partial charge on any atom is -0.478 e. The van der Waals surface area contributed by atoms with Gasteiger partial charge >= 0.3 is 0 Å². The van der Waals surface area contributed by atoms with Crippen molar-refractivity contribution in [2.75, 3.05) is 18.9 Å². The number of likely N-dealkylation sites (N-methyl/N-ethyl adjacent to an activating group) is 1. The van der Waals surface area contributed by atoms with Crippen molar-refractivity contribution in [1.82, 2.24) is 10.6 Å². The average Bonchev–Trinajstić information content (AvgIpc) is 2.45. The molecule has 6 nitrogen and oxygen atoms in total. The first-order chi connectivity index (χ1) is 9.60. The lowest BCUT2D eigenvalue weighted by molar-refractivity contribution is -0.130. The van der Waals surface area contributed by atoms with Gasteiger partial charge in [0.25, 0.3) is 5.91 Å². The van der Waals surface area contributed by atoms with Crippen LogP contribution < -0.4 is 20.7 Å². The second kappa shape index (κ2) is 6.38. The molecule has 1 aromatic carbocycles. The minimum absolute atomic E-state index is 0.0105. The predicted molar refractivity (Wildman–Crippen MR) is 75.6 cm³/mol. The highest BCUT2D eigenvalue weighted by atomic mass is 16.5. The lowest BCUT2D eigenvalue weighted by Gasteiger charge is -2.25. The maximum absolute atomic E-state index is 11.9. The molecule has 0 saturated carbocycles. The van der Waals surface area contributed by atoms with Crippen molar-refractivity contribution in [2.24, 2.45) is 0 Å². The molecular weight excluding hydrogens is 258 g/mol. The number of amides is 2. The van der Waals surface area contributed by atoms with Crippen LogP contribution in [0.1, 0.15) is 13.3 Å². The fourth-order valence-corrected chi connectivity index (χ4v) is 1.84. The summed E-state index contributed by atoms with van der Waals surface area (Å²) in [6, 6.07) is 7.35. The fraction of sp³-hybridized carbons (Fsp3) is 0.429. The molecule has 20 heavy (non-hydrogen) atoms. The number of nitrogens with one attached hydrogen (secondary N) is 3. The molecular formula is C14H19N3O3. The SMILES string of the molecule is CNC(C)CNC(=O)CC1Oc2ccccc2NC1=O. The molecule has 0 fully saturated rings. The van der Waals surface area contributed by atoms with Crippen molar-refractivity contribution in [3.63, 3.8) is 0 Å². The van der Waals surface area contributed by atoms with Crippen molar-refractivity contribution >= 4 is 17.5 Å². The second-order valence-corrected chi connectivity index (χ2v) is 4.79. The Balaban J connectivity index is 1.91. The topological polar surface area (TPSA) is 79.5 Å². The molecule has 2 atom stereocenters. The fourth-order valence-electron chi connectivity index (χ4n) is 1.84. The van der Waals surface area contributed by atoms with E-state index in [1.807, 2.05) is 26.1 Å². The molecule has 0 bridgehead atoms. The summed E-state index contributed by atoms with van der Waals surface area (Å²) in [5, 5.41) is 8.52. The summed E-state index contributed by atoms with van der Waals surface area (Å²) < 4.78 is 5.56. The van der Waals surface area contributed by atoms with Crippen LogP contribution in [0.15, 0.2) is 24.3 Å². The average molecular weight is 277 g/mol. The molecule has 2 unspecified atom stereocenters. The Bertz CT molecular complexity index is 504. The number of hydrogen-bond acceptors (Lipinski definition) is 4. The highest BCUT2D eigenvalue weighted by molar-refractivity contribution is 5.99. The first-order valence-electron chi connectivity index (χ1n) is 6.60. The molecule has 0 radical (unpaired) electrons. The van der Waals surface area contributed by atoms with E-state index in [0.29, 0.717) is 18.0 Å². The van der Waals surface area contributed by atoms with Crippen LogP contribution in [0.2, 0.25) is 0 Å². The van der Waals surface area contributed by atoms with E-state index in [1.54, 1.807) is 12.1 Å². The van der Waals surface area contributed by atoms with Crippen LogP contribution in [-0.2, 0) is 9.59 Å². The van der Waals surface area contributed by atoms with Gasteiger partial charge in [-0.25, -0.2) is 0 Å². The van der Waals surface area contributed by atoms with Gasteiger partial charge in [-0.05, 0) is 26.1 Å². The lowest BCUT2D eigenvalue weighted by atomic mass is 10.1. The Morgan fingerprint density at radius 1 is 1.45 bits per heavy atom. The number of fused-ring (bicyclic) bond motifs is 1. The van der Waals surface area contributed by atoms with Crippen LogP contribution in [0.4, 0.5) is 5.69 Å². The number of para-hydroxylation sites is 2. The third-order valence-electron chi connectivity index (χ3n) is 3.18. The highest BCUT2D eigenvalue weighted by Gasteiger charge is 2.29. The van der Waals surface area contributed by atoms with Gasteiger partial charge in [-0.2, -0.15) is 0 Å². The van der Waals surface area contributed by atoms with Gasteiger partial charge in [-0.3, -0.25) is 9.59 Å². The van der Waals surface area contributed by atoms with Crippen molar-refractivity contribution in [2.45, 2.75) is 25.5 Å². The van der Waals surface area contributed by atoms with Gasteiger partial charge in [-0.1, -0.05) is 12.1 Å². The number of benzene rings is 1. The first kappa shape index (κ1) is 14.3. The molecule has 2 amide bonds. The van der Waals surface area contributed by atoms with Crippen molar-refractivity contribution in [1.29, 1.82) is 0 Å². The van der Waals surface area contributed by atoms with Crippen molar-refractivity contribution < 1.29 is 14.3 Å². The third-order valence-corrected chi connectivity index (χ3v) is 3.18. The number of carbonyl (C=O) groups is 2. The number of hydrogen-bond donors (Lipinski definition) is 3. The standard InChI is InChI=1S/C14H19N3O3/c1-9(15-2)8-16-13(18)7-12-14(19)17-10-5-3-4-6-11(10)20-12/h3-6,9,12,15H,7-8H2,1-2H3,(H,16,18)(H,17,19). The number of anilines is 1. The summed E-state index contributed by atoms with van der Waals surface area (Å²) in [6.07, 6.45) is -0.772. The minimum atomic E-state index is -0.783. The Morgan fingerprint density at radius 3 is 2.95 bits per heavy atom. The lowest BCUT2D eigenvalue weighted by Crippen LogP contribution is -2.43. The Morgan fingerprint density at radius 2 is 2.20 bits per heavy atom. The van der Waals surface area contributed by atoms with E-state index in [-0.39, 0.29) is 24.3 Å². The highest BCUT2D eigenvalue weighted by Crippen LogP contribution is 2.29. The summed E-state index contributed by atoms with van der Waals surface area (Å²) in [6.45, 7) is 2.47. The van der Waals surface area contributed by atoms with E-state index >= 15 is 0 Å². The maximum atomic E-state index is 11.9. The van der Waals surface area contributed by atoms with Crippen LogP contribution in [-0.4, -0.2) is 37.6 Å². The second-order valence-electron chi connectivity index (χ2n) is 4.79. The Labute approximate surface area is 117 Å². The zero-order chi connectivity index (χ0) is 14.5. The molecule has 6 heteroatoms. The summed E-state index contributed by atoms with van der Waals surface area (Å²) in [4.78, 5) is 23.6. The molecule has 0 aromatic heterocycles. The van der Waals surface area contributed by atoms with Gasteiger partial charge in [0.15, 0.2) is 6.10 Å². The van der Waals surface area contributed by atoms with Gasteiger partial charge in [0.05, 0.1) is 12.1 Å². The molecule has 1 aromatic rings.